The van der Waals surface area contributed by atoms with E-state index in [0.29, 0.717) is 18.8 Å². The summed E-state index contributed by atoms with van der Waals surface area (Å²) in [7, 11) is 0. The lowest BCUT2D eigenvalue weighted by atomic mass is 10.1. The fourth-order valence-corrected chi connectivity index (χ4v) is 2.49. The molecule has 1 aliphatic heterocycles. The number of carbonyl (C=O) groups is 2. The Labute approximate surface area is 142 Å². The van der Waals surface area contributed by atoms with Gasteiger partial charge in [0.1, 0.15) is 5.69 Å². The second-order valence-corrected chi connectivity index (χ2v) is 5.42. The second kappa shape index (κ2) is 6.48. The van der Waals surface area contributed by atoms with Gasteiger partial charge in [-0.15, -0.1) is 0 Å². The predicted octanol–water partition coefficient (Wildman–Crippen LogP) is 1.96. The van der Waals surface area contributed by atoms with Crippen LogP contribution in [0.5, 0.6) is 0 Å². The smallest absolute Gasteiger partial charge is 0.321 e. The van der Waals surface area contributed by atoms with Crippen molar-refractivity contribution in [2.45, 2.75) is 0 Å². The van der Waals surface area contributed by atoms with Gasteiger partial charge in [-0.2, -0.15) is 0 Å². The van der Waals surface area contributed by atoms with E-state index >= 15 is 0 Å². The number of nitrogens with one attached hydrogen (secondary N) is 2. The van der Waals surface area contributed by atoms with Crippen LogP contribution in [-0.2, 0) is 0 Å². The summed E-state index contributed by atoms with van der Waals surface area (Å²) in [5.74, 6) is -0.491. The molecule has 0 aliphatic carbocycles. The lowest BCUT2D eigenvalue weighted by molar-refractivity contribution is -0.383. The number of urea groups is 1. The number of hydrogen-bond donors (Lipinski definition) is 3. The SMILES string of the molecule is Nc1ccc(C(=O)Nc2ccc(N3CCNC3=O)cc2)cc1[N+](=O)[O-]. The fourth-order valence-electron chi connectivity index (χ4n) is 2.49. The molecule has 128 valence electrons. The summed E-state index contributed by atoms with van der Waals surface area (Å²) in [6, 6.07) is 10.5. The van der Waals surface area contributed by atoms with Gasteiger partial charge < -0.3 is 16.4 Å². The average Bonchev–Trinajstić information content (AvgIpc) is 3.01. The van der Waals surface area contributed by atoms with E-state index in [0.717, 1.165) is 11.8 Å². The Morgan fingerprint density at radius 3 is 2.56 bits per heavy atom. The highest BCUT2D eigenvalue weighted by Gasteiger charge is 2.21. The molecule has 4 N–H and O–H groups in total. The molecule has 3 amide bonds. The first-order valence-corrected chi connectivity index (χ1v) is 7.46. The zero-order chi connectivity index (χ0) is 18.0. The van der Waals surface area contributed by atoms with Crippen molar-refractivity contribution in [3.05, 3.63) is 58.1 Å². The molecule has 0 unspecified atom stereocenters. The van der Waals surface area contributed by atoms with Crippen LogP contribution in [0.3, 0.4) is 0 Å². The second-order valence-electron chi connectivity index (χ2n) is 5.42. The summed E-state index contributed by atoms with van der Waals surface area (Å²) < 4.78 is 0. The summed E-state index contributed by atoms with van der Waals surface area (Å²) in [4.78, 5) is 35.7. The van der Waals surface area contributed by atoms with Crippen LogP contribution in [0.25, 0.3) is 0 Å². The van der Waals surface area contributed by atoms with E-state index in [2.05, 4.69) is 10.6 Å². The van der Waals surface area contributed by atoms with Crippen LogP contribution in [-0.4, -0.2) is 30.0 Å². The van der Waals surface area contributed by atoms with Crippen LogP contribution in [0.4, 0.5) is 27.5 Å². The molecule has 2 aromatic carbocycles. The number of nitrogens with two attached hydrogens (primary N) is 1. The molecular formula is C16H15N5O4. The van der Waals surface area contributed by atoms with Gasteiger partial charge in [-0.1, -0.05) is 0 Å². The largest absolute Gasteiger partial charge is 0.393 e. The van der Waals surface area contributed by atoms with Crippen molar-refractivity contribution in [2.75, 3.05) is 29.0 Å². The number of carbonyl (C=O) groups excluding carboxylic acids is 2. The highest BCUT2D eigenvalue weighted by Crippen LogP contribution is 2.24. The highest BCUT2D eigenvalue weighted by atomic mass is 16.6. The van der Waals surface area contributed by atoms with Crippen LogP contribution in [0, 0.1) is 10.1 Å². The van der Waals surface area contributed by atoms with Gasteiger partial charge in [-0.25, -0.2) is 4.79 Å². The van der Waals surface area contributed by atoms with E-state index in [9.17, 15) is 19.7 Å². The molecule has 0 bridgehead atoms. The molecule has 0 radical (unpaired) electrons. The number of hydrogen-bond acceptors (Lipinski definition) is 5. The third-order valence-corrected chi connectivity index (χ3v) is 3.78. The number of nitrogen functional groups attached to an aromatic ring is 1. The molecule has 1 aliphatic rings. The molecule has 0 aromatic heterocycles. The minimum absolute atomic E-state index is 0.00482. The number of nitrogens with zero attached hydrogens (tertiary/aromatic N) is 2. The number of nitro groups is 1. The van der Waals surface area contributed by atoms with E-state index in [4.69, 9.17) is 5.73 Å². The molecule has 1 fully saturated rings. The highest BCUT2D eigenvalue weighted by molar-refractivity contribution is 6.05. The zero-order valence-corrected chi connectivity index (χ0v) is 13.1. The van der Waals surface area contributed by atoms with Crippen LogP contribution < -0.4 is 21.3 Å². The monoisotopic (exact) mass is 341 g/mol. The predicted molar refractivity (Wildman–Crippen MR) is 92.6 cm³/mol. The Morgan fingerprint density at radius 1 is 1.24 bits per heavy atom. The number of anilines is 3. The van der Waals surface area contributed by atoms with Crippen molar-refractivity contribution < 1.29 is 14.5 Å². The van der Waals surface area contributed by atoms with Gasteiger partial charge in [0.25, 0.3) is 11.6 Å². The van der Waals surface area contributed by atoms with Crippen LogP contribution in [0.2, 0.25) is 0 Å². The van der Waals surface area contributed by atoms with E-state index in [1.165, 1.54) is 12.1 Å². The van der Waals surface area contributed by atoms with Gasteiger partial charge in [-0.3, -0.25) is 19.8 Å². The van der Waals surface area contributed by atoms with E-state index in [1.54, 1.807) is 29.2 Å². The van der Waals surface area contributed by atoms with Crippen molar-refractivity contribution in [1.82, 2.24) is 5.32 Å². The molecule has 1 heterocycles. The van der Waals surface area contributed by atoms with Gasteiger partial charge >= 0.3 is 6.03 Å². The van der Waals surface area contributed by atoms with E-state index in [-0.39, 0.29) is 23.0 Å². The number of amides is 3. The summed E-state index contributed by atoms with van der Waals surface area (Å²) in [5, 5.41) is 16.3. The molecule has 0 saturated carbocycles. The van der Waals surface area contributed by atoms with Gasteiger partial charge in [0.15, 0.2) is 0 Å². The average molecular weight is 341 g/mol. The number of rotatable bonds is 4. The topological polar surface area (TPSA) is 131 Å². The van der Waals surface area contributed by atoms with Crippen molar-refractivity contribution in [2.24, 2.45) is 0 Å². The maximum atomic E-state index is 12.2. The lowest BCUT2D eigenvalue weighted by Gasteiger charge is -2.14. The standard InChI is InChI=1S/C16H15N5O4/c17-13-6-1-10(9-14(13)21(24)25)15(22)19-11-2-4-12(5-3-11)20-8-7-18-16(20)23/h1-6,9H,7-8,17H2,(H,18,23)(H,19,22). The summed E-state index contributed by atoms with van der Waals surface area (Å²) in [6.45, 7) is 1.17. The van der Waals surface area contributed by atoms with Gasteiger partial charge in [-0.05, 0) is 36.4 Å². The zero-order valence-electron chi connectivity index (χ0n) is 13.1. The Bertz CT molecular complexity index is 850. The van der Waals surface area contributed by atoms with Gasteiger partial charge in [0.05, 0.1) is 4.92 Å². The third kappa shape index (κ3) is 3.34. The first-order chi connectivity index (χ1) is 12.0. The van der Waals surface area contributed by atoms with Crippen molar-refractivity contribution in [3.63, 3.8) is 0 Å². The molecule has 0 spiro atoms. The quantitative estimate of drug-likeness (QED) is 0.444. The summed E-state index contributed by atoms with van der Waals surface area (Å²) in [5.41, 5.74) is 6.55. The summed E-state index contributed by atoms with van der Waals surface area (Å²) in [6.07, 6.45) is 0. The van der Waals surface area contributed by atoms with E-state index < -0.39 is 10.8 Å². The summed E-state index contributed by atoms with van der Waals surface area (Å²) >= 11 is 0. The number of nitro benzene ring substituents is 1. The molecule has 3 rings (SSSR count). The Morgan fingerprint density at radius 2 is 1.96 bits per heavy atom. The lowest BCUT2D eigenvalue weighted by Crippen LogP contribution is -2.27. The van der Waals surface area contributed by atoms with Gasteiger partial charge in [0, 0.05) is 36.1 Å². The first kappa shape index (κ1) is 16.2. The minimum Gasteiger partial charge on any atom is -0.393 e. The molecule has 2 aromatic rings. The van der Waals surface area contributed by atoms with Crippen LogP contribution >= 0.6 is 0 Å². The molecule has 9 heteroatoms. The molecule has 0 atom stereocenters. The van der Waals surface area contributed by atoms with Crippen molar-refractivity contribution >= 4 is 34.7 Å². The van der Waals surface area contributed by atoms with Crippen molar-refractivity contribution in [1.29, 1.82) is 0 Å². The fraction of sp³-hybridized carbons (Fsp3) is 0.125. The van der Waals surface area contributed by atoms with Crippen LogP contribution in [0.1, 0.15) is 10.4 Å². The van der Waals surface area contributed by atoms with Gasteiger partial charge in [0.2, 0.25) is 0 Å². The van der Waals surface area contributed by atoms with Crippen molar-refractivity contribution in [3.8, 4) is 0 Å². The normalized spacial score (nSPS) is 13.4. The number of benzene rings is 2. The molecule has 9 nitrogen and oxygen atoms in total. The maximum absolute atomic E-state index is 12.2. The Hall–Kier alpha value is -3.62. The van der Waals surface area contributed by atoms with E-state index in [1.807, 2.05) is 0 Å². The first-order valence-electron chi connectivity index (χ1n) is 7.46. The Balaban J connectivity index is 1.74. The van der Waals surface area contributed by atoms with Crippen LogP contribution in [0.15, 0.2) is 42.5 Å². The molecule has 1 saturated heterocycles. The Kier molecular flexibility index (Phi) is 4.21. The molecule has 25 heavy (non-hydrogen) atoms. The maximum Gasteiger partial charge on any atom is 0.321 e. The third-order valence-electron chi connectivity index (χ3n) is 3.78. The minimum atomic E-state index is -0.637. The molecular weight excluding hydrogens is 326 g/mol.